The van der Waals surface area contributed by atoms with Gasteiger partial charge in [0.15, 0.2) is 0 Å². The standard InChI is InChI=1S/C32H40N2O9/c1-31(2,3)42-27(36)17-34(18-28(37)43-32(4,5)6)26(35)16-15-25(29(38)39)33-30(40)41-19-24-22-13-9-7-11-20(22)21-12-8-10-14-23(21)24/h7-14,24-25H,15-19H2,1-6H3,(H,33,40)(H,38,39). The molecule has 2 N–H and O–H groups in total. The molecule has 3 rings (SSSR count). The molecule has 1 unspecified atom stereocenters. The van der Waals surface area contributed by atoms with Gasteiger partial charge in [0.05, 0.1) is 0 Å². The van der Waals surface area contributed by atoms with Crippen molar-refractivity contribution in [2.24, 2.45) is 0 Å². The number of rotatable bonds is 11. The van der Waals surface area contributed by atoms with Crippen LogP contribution in [0.3, 0.4) is 0 Å². The second-order valence-electron chi connectivity index (χ2n) is 12.3. The number of carboxylic acid groups (broad SMARTS) is 1. The number of fused-ring (bicyclic) bond motifs is 3. The number of ether oxygens (including phenoxy) is 3. The monoisotopic (exact) mass is 596 g/mol. The lowest BCUT2D eigenvalue weighted by Gasteiger charge is -2.27. The van der Waals surface area contributed by atoms with Crippen molar-refractivity contribution in [2.45, 2.75) is 77.5 Å². The first kappa shape index (κ1) is 33.1. The van der Waals surface area contributed by atoms with Crippen LogP contribution in [0, 0.1) is 0 Å². The first-order chi connectivity index (χ1) is 20.0. The fourth-order valence-electron chi connectivity index (χ4n) is 4.76. The number of alkyl carbamates (subject to hydrolysis) is 1. The molecule has 11 nitrogen and oxygen atoms in total. The van der Waals surface area contributed by atoms with Crippen molar-refractivity contribution >= 4 is 29.9 Å². The van der Waals surface area contributed by atoms with Crippen LogP contribution in [0.15, 0.2) is 48.5 Å². The number of carboxylic acids is 1. The van der Waals surface area contributed by atoms with Crippen molar-refractivity contribution in [3.8, 4) is 11.1 Å². The van der Waals surface area contributed by atoms with Gasteiger partial charge in [-0.3, -0.25) is 14.4 Å². The minimum Gasteiger partial charge on any atom is -0.480 e. The zero-order valence-corrected chi connectivity index (χ0v) is 25.5. The summed E-state index contributed by atoms with van der Waals surface area (Å²) in [4.78, 5) is 63.5. The number of esters is 2. The highest BCUT2D eigenvalue weighted by atomic mass is 16.6. The molecule has 43 heavy (non-hydrogen) atoms. The number of nitrogens with zero attached hydrogens (tertiary/aromatic N) is 1. The SMILES string of the molecule is CC(C)(C)OC(=O)CN(CC(=O)OC(C)(C)C)C(=O)CCC(NC(=O)OCC1c2ccccc2-c2ccccc21)C(=O)O. The molecule has 0 bridgehead atoms. The largest absolute Gasteiger partial charge is 0.480 e. The van der Waals surface area contributed by atoms with Crippen LogP contribution in [0.2, 0.25) is 0 Å². The van der Waals surface area contributed by atoms with Gasteiger partial charge in [-0.1, -0.05) is 48.5 Å². The summed E-state index contributed by atoms with van der Waals surface area (Å²) in [7, 11) is 0. The molecule has 1 atom stereocenters. The molecule has 0 aliphatic heterocycles. The van der Waals surface area contributed by atoms with Crippen LogP contribution in [-0.2, 0) is 33.4 Å². The predicted octanol–water partition coefficient (Wildman–Crippen LogP) is 4.27. The third-order valence-corrected chi connectivity index (χ3v) is 6.41. The van der Waals surface area contributed by atoms with Gasteiger partial charge in [0, 0.05) is 12.3 Å². The summed E-state index contributed by atoms with van der Waals surface area (Å²) in [6.07, 6.45) is -1.63. The lowest BCUT2D eigenvalue weighted by molar-refractivity contribution is -0.164. The minimum absolute atomic E-state index is 0.00924. The molecule has 2 aromatic carbocycles. The van der Waals surface area contributed by atoms with Gasteiger partial charge < -0.3 is 29.5 Å². The lowest BCUT2D eigenvalue weighted by atomic mass is 9.98. The van der Waals surface area contributed by atoms with Crippen LogP contribution in [0.5, 0.6) is 0 Å². The Bertz CT molecular complexity index is 1280. The van der Waals surface area contributed by atoms with Crippen LogP contribution in [0.4, 0.5) is 4.79 Å². The maximum absolute atomic E-state index is 13.1. The van der Waals surface area contributed by atoms with E-state index in [2.05, 4.69) is 5.32 Å². The Kier molecular flexibility index (Phi) is 10.6. The highest BCUT2D eigenvalue weighted by Crippen LogP contribution is 2.44. The van der Waals surface area contributed by atoms with Gasteiger partial charge in [-0.2, -0.15) is 0 Å². The molecule has 2 aromatic rings. The van der Waals surface area contributed by atoms with E-state index >= 15 is 0 Å². The Morgan fingerprint density at radius 3 is 1.72 bits per heavy atom. The van der Waals surface area contributed by atoms with Crippen LogP contribution in [0.1, 0.15) is 71.4 Å². The summed E-state index contributed by atoms with van der Waals surface area (Å²) in [5.41, 5.74) is 2.48. The lowest BCUT2D eigenvalue weighted by Crippen LogP contribution is -2.45. The quantitative estimate of drug-likeness (QED) is 0.287. The third kappa shape index (κ3) is 9.83. The molecule has 0 heterocycles. The maximum Gasteiger partial charge on any atom is 0.407 e. The van der Waals surface area contributed by atoms with Gasteiger partial charge in [-0.25, -0.2) is 9.59 Å². The van der Waals surface area contributed by atoms with Crippen LogP contribution in [0.25, 0.3) is 11.1 Å². The average Bonchev–Trinajstić information content (AvgIpc) is 3.20. The van der Waals surface area contributed by atoms with Gasteiger partial charge in [0.1, 0.15) is 36.9 Å². The summed E-state index contributed by atoms with van der Waals surface area (Å²) in [6.45, 7) is 8.91. The van der Waals surface area contributed by atoms with E-state index in [-0.39, 0.29) is 25.4 Å². The zero-order valence-electron chi connectivity index (χ0n) is 25.5. The second kappa shape index (κ2) is 13.7. The van der Waals surface area contributed by atoms with Crippen molar-refractivity contribution in [2.75, 3.05) is 19.7 Å². The van der Waals surface area contributed by atoms with Gasteiger partial charge >= 0.3 is 24.0 Å². The number of benzene rings is 2. The van der Waals surface area contributed by atoms with Crippen molar-refractivity contribution in [1.29, 1.82) is 0 Å². The maximum atomic E-state index is 13.1. The molecule has 0 spiro atoms. The highest BCUT2D eigenvalue weighted by Gasteiger charge is 2.31. The molecule has 11 heteroatoms. The first-order valence-electron chi connectivity index (χ1n) is 14.1. The summed E-state index contributed by atoms with van der Waals surface area (Å²) < 4.78 is 16.0. The molecule has 2 amide bonds. The normalized spacial score (nSPS) is 13.3. The van der Waals surface area contributed by atoms with E-state index in [1.807, 2.05) is 48.5 Å². The van der Waals surface area contributed by atoms with Gasteiger partial charge in [0.2, 0.25) is 5.91 Å². The number of aliphatic carboxylic acids is 1. The Morgan fingerprint density at radius 1 is 0.814 bits per heavy atom. The predicted molar refractivity (Wildman–Crippen MR) is 157 cm³/mol. The van der Waals surface area contributed by atoms with Crippen molar-refractivity contribution in [3.63, 3.8) is 0 Å². The number of hydrogen-bond donors (Lipinski definition) is 2. The van der Waals surface area contributed by atoms with Crippen molar-refractivity contribution < 1.29 is 43.3 Å². The topological polar surface area (TPSA) is 149 Å². The molecule has 1 aliphatic carbocycles. The molecule has 232 valence electrons. The van der Waals surface area contributed by atoms with Gasteiger partial charge in [0.25, 0.3) is 0 Å². The van der Waals surface area contributed by atoms with Gasteiger partial charge in [-0.05, 0) is 70.2 Å². The van der Waals surface area contributed by atoms with Crippen LogP contribution in [-0.4, -0.2) is 76.9 Å². The molecule has 0 saturated carbocycles. The summed E-state index contributed by atoms with van der Waals surface area (Å²) >= 11 is 0. The molecule has 0 fully saturated rings. The number of carbonyl (C=O) groups is 5. The Balaban J connectivity index is 1.61. The van der Waals surface area contributed by atoms with Gasteiger partial charge in [-0.15, -0.1) is 0 Å². The fourth-order valence-corrected chi connectivity index (χ4v) is 4.76. The van der Waals surface area contributed by atoms with E-state index in [1.54, 1.807) is 41.5 Å². The van der Waals surface area contributed by atoms with Crippen LogP contribution >= 0.6 is 0 Å². The number of carbonyl (C=O) groups excluding carboxylic acids is 4. The molecule has 0 aromatic heterocycles. The van der Waals surface area contributed by atoms with E-state index in [0.717, 1.165) is 27.2 Å². The molecule has 0 saturated heterocycles. The summed E-state index contributed by atoms with van der Waals surface area (Å²) in [5, 5.41) is 12.0. The second-order valence-corrected chi connectivity index (χ2v) is 12.3. The van der Waals surface area contributed by atoms with Crippen molar-refractivity contribution in [1.82, 2.24) is 10.2 Å². The van der Waals surface area contributed by atoms with E-state index < -0.39 is 60.2 Å². The number of nitrogens with one attached hydrogen (secondary N) is 1. The molecule has 1 aliphatic rings. The van der Waals surface area contributed by atoms with E-state index in [9.17, 15) is 29.1 Å². The molecule has 0 radical (unpaired) electrons. The average molecular weight is 597 g/mol. The molecular weight excluding hydrogens is 556 g/mol. The first-order valence-corrected chi connectivity index (χ1v) is 14.1. The third-order valence-electron chi connectivity index (χ3n) is 6.41. The highest BCUT2D eigenvalue weighted by molar-refractivity contribution is 5.87. The summed E-state index contributed by atoms with van der Waals surface area (Å²) in [6, 6.07) is 14.2. The summed E-state index contributed by atoms with van der Waals surface area (Å²) in [5.74, 6) is -3.74. The zero-order chi connectivity index (χ0) is 31.9. The Labute approximate surface area is 251 Å². The van der Waals surface area contributed by atoms with Crippen LogP contribution < -0.4 is 5.32 Å². The van der Waals surface area contributed by atoms with Crippen molar-refractivity contribution in [3.05, 3.63) is 59.7 Å². The fraction of sp³-hybridized carbons (Fsp3) is 0.469. The number of hydrogen-bond acceptors (Lipinski definition) is 8. The van der Waals surface area contributed by atoms with E-state index in [0.29, 0.717) is 0 Å². The Hall–Kier alpha value is -4.41. The number of amides is 2. The van der Waals surface area contributed by atoms with E-state index in [4.69, 9.17) is 14.2 Å². The van der Waals surface area contributed by atoms with E-state index in [1.165, 1.54) is 0 Å². The smallest absolute Gasteiger partial charge is 0.407 e. The molecular formula is C32H40N2O9. The minimum atomic E-state index is -1.45. The Morgan fingerprint density at radius 2 is 1.28 bits per heavy atom.